The van der Waals surface area contributed by atoms with Gasteiger partial charge in [-0.25, -0.2) is 9.67 Å². The van der Waals surface area contributed by atoms with E-state index in [0.29, 0.717) is 16.4 Å². The first-order chi connectivity index (χ1) is 11.1. The molecule has 1 saturated heterocycles. The number of rotatable bonds is 3. The summed E-state index contributed by atoms with van der Waals surface area (Å²) >= 11 is 5.96. The summed E-state index contributed by atoms with van der Waals surface area (Å²) in [5.74, 6) is 0.610. The molecule has 3 heterocycles. The van der Waals surface area contributed by atoms with Crippen LogP contribution in [-0.2, 0) is 0 Å². The van der Waals surface area contributed by atoms with Crippen LogP contribution in [0.4, 0.5) is 5.69 Å². The molecule has 7 nitrogen and oxygen atoms in total. The predicted octanol–water partition coefficient (Wildman–Crippen LogP) is 1.35. The summed E-state index contributed by atoms with van der Waals surface area (Å²) in [7, 11) is 3.85. The normalized spacial score (nSPS) is 15.7. The van der Waals surface area contributed by atoms with E-state index in [9.17, 15) is 4.79 Å². The molecule has 8 heteroatoms. The maximum atomic E-state index is 12.6. The summed E-state index contributed by atoms with van der Waals surface area (Å²) < 4.78 is 1.59. The zero-order chi connectivity index (χ0) is 16.4. The first-order valence-electron chi connectivity index (χ1n) is 7.44. The molecule has 0 spiro atoms. The van der Waals surface area contributed by atoms with E-state index in [2.05, 4.69) is 27.3 Å². The minimum absolute atomic E-state index is 0.00400. The molecule has 1 amide bonds. The lowest BCUT2D eigenvalue weighted by molar-refractivity contribution is 0.0664. The molecule has 0 aromatic carbocycles. The third-order valence-electron chi connectivity index (χ3n) is 3.94. The van der Waals surface area contributed by atoms with Crippen molar-refractivity contribution < 1.29 is 4.79 Å². The Balaban J connectivity index is 1.82. The van der Waals surface area contributed by atoms with Gasteiger partial charge >= 0.3 is 0 Å². The molecule has 23 heavy (non-hydrogen) atoms. The summed E-state index contributed by atoms with van der Waals surface area (Å²) in [6, 6.07) is 1.77. The Morgan fingerprint density at radius 2 is 2.00 bits per heavy atom. The number of likely N-dealkylation sites (N-methyl/N-ethyl adjacent to an activating group) is 1. The van der Waals surface area contributed by atoms with Gasteiger partial charge in [0, 0.05) is 45.6 Å². The highest BCUT2D eigenvalue weighted by Crippen LogP contribution is 2.21. The molecule has 0 radical (unpaired) electrons. The highest BCUT2D eigenvalue weighted by atomic mass is 35.5. The van der Waals surface area contributed by atoms with Gasteiger partial charge in [-0.05, 0) is 13.1 Å². The Morgan fingerprint density at radius 1 is 1.26 bits per heavy atom. The van der Waals surface area contributed by atoms with E-state index < -0.39 is 0 Å². The maximum Gasteiger partial charge on any atom is 0.257 e. The van der Waals surface area contributed by atoms with Crippen LogP contribution in [0.25, 0.3) is 5.82 Å². The third-order valence-corrected chi connectivity index (χ3v) is 4.15. The van der Waals surface area contributed by atoms with Crippen molar-refractivity contribution in [1.82, 2.24) is 24.6 Å². The number of halogens is 1. The van der Waals surface area contributed by atoms with Gasteiger partial charge in [-0.1, -0.05) is 11.6 Å². The van der Waals surface area contributed by atoms with Crippen molar-refractivity contribution in [2.24, 2.45) is 0 Å². The van der Waals surface area contributed by atoms with Gasteiger partial charge in [0.1, 0.15) is 0 Å². The van der Waals surface area contributed by atoms with Gasteiger partial charge in [0.25, 0.3) is 5.91 Å². The van der Waals surface area contributed by atoms with Crippen molar-refractivity contribution in [3.05, 3.63) is 35.2 Å². The summed E-state index contributed by atoms with van der Waals surface area (Å²) in [6.07, 6.45) is 4.84. The standard InChI is InChI=1S/C15H19ClN6O/c1-17-13-7-12(16)9-18-14(13)22-10-11(8-19-22)15(23)21-5-3-20(2)4-6-21/h7-10,17H,3-6H2,1-2H3. The number of hydrogen-bond donors (Lipinski definition) is 1. The van der Waals surface area contributed by atoms with E-state index in [0.717, 1.165) is 31.9 Å². The minimum atomic E-state index is 0.00400. The Bertz CT molecular complexity index is 708. The molecule has 3 rings (SSSR count). The summed E-state index contributed by atoms with van der Waals surface area (Å²) in [5.41, 5.74) is 1.31. The maximum absolute atomic E-state index is 12.6. The van der Waals surface area contributed by atoms with Crippen LogP contribution in [0.15, 0.2) is 24.7 Å². The number of hydrogen-bond acceptors (Lipinski definition) is 5. The second-order valence-electron chi connectivity index (χ2n) is 5.54. The Kier molecular flexibility index (Phi) is 4.49. The van der Waals surface area contributed by atoms with Crippen molar-refractivity contribution in [2.75, 3.05) is 45.6 Å². The van der Waals surface area contributed by atoms with E-state index in [1.54, 1.807) is 36.4 Å². The fourth-order valence-corrected chi connectivity index (χ4v) is 2.70. The van der Waals surface area contributed by atoms with Crippen LogP contribution >= 0.6 is 11.6 Å². The van der Waals surface area contributed by atoms with Crippen LogP contribution in [-0.4, -0.2) is 70.7 Å². The predicted molar refractivity (Wildman–Crippen MR) is 89.3 cm³/mol. The number of pyridine rings is 1. The second-order valence-corrected chi connectivity index (χ2v) is 5.98. The number of nitrogens with one attached hydrogen (secondary N) is 1. The number of carbonyl (C=O) groups is 1. The van der Waals surface area contributed by atoms with E-state index in [4.69, 9.17) is 11.6 Å². The molecule has 1 fully saturated rings. The Morgan fingerprint density at radius 3 is 2.70 bits per heavy atom. The van der Waals surface area contributed by atoms with Gasteiger partial charge in [-0.15, -0.1) is 0 Å². The Labute approximate surface area is 139 Å². The van der Waals surface area contributed by atoms with E-state index in [1.807, 2.05) is 4.90 Å². The molecule has 0 aliphatic carbocycles. The van der Waals surface area contributed by atoms with Gasteiger partial charge < -0.3 is 15.1 Å². The van der Waals surface area contributed by atoms with Crippen LogP contribution in [0.3, 0.4) is 0 Å². The van der Waals surface area contributed by atoms with Gasteiger partial charge in [0.2, 0.25) is 0 Å². The number of amides is 1. The van der Waals surface area contributed by atoms with E-state index >= 15 is 0 Å². The largest absolute Gasteiger partial charge is 0.385 e. The summed E-state index contributed by atoms with van der Waals surface area (Å²) in [6.45, 7) is 3.26. The van der Waals surface area contributed by atoms with E-state index in [-0.39, 0.29) is 5.91 Å². The Hall–Kier alpha value is -2.12. The minimum Gasteiger partial charge on any atom is -0.385 e. The van der Waals surface area contributed by atoms with Crippen LogP contribution in [0, 0.1) is 0 Å². The van der Waals surface area contributed by atoms with E-state index in [1.165, 1.54) is 0 Å². The number of aromatic nitrogens is 3. The quantitative estimate of drug-likeness (QED) is 0.918. The molecule has 0 unspecified atom stereocenters. The van der Waals surface area contributed by atoms with Gasteiger partial charge in [-0.3, -0.25) is 4.79 Å². The molecule has 0 saturated carbocycles. The average Bonchev–Trinajstić information content (AvgIpc) is 3.04. The van der Waals surface area contributed by atoms with Crippen molar-refractivity contribution in [2.45, 2.75) is 0 Å². The lowest BCUT2D eigenvalue weighted by atomic mass is 10.2. The number of carbonyl (C=O) groups excluding carboxylic acids is 1. The van der Waals surface area contributed by atoms with Crippen LogP contribution in [0.1, 0.15) is 10.4 Å². The first kappa shape index (κ1) is 15.8. The van der Waals surface area contributed by atoms with Crippen molar-refractivity contribution in [1.29, 1.82) is 0 Å². The molecule has 122 valence electrons. The summed E-state index contributed by atoms with van der Waals surface area (Å²) in [4.78, 5) is 20.9. The van der Waals surface area contributed by atoms with Crippen molar-refractivity contribution in [3.63, 3.8) is 0 Å². The van der Waals surface area contributed by atoms with Crippen molar-refractivity contribution in [3.8, 4) is 5.82 Å². The molecule has 2 aromatic rings. The highest BCUT2D eigenvalue weighted by Gasteiger charge is 2.22. The fourth-order valence-electron chi connectivity index (χ4n) is 2.54. The fraction of sp³-hybridized carbons (Fsp3) is 0.400. The zero-order valence-corrected chi connectivity index (χ0v) is 13.9. The van der Waals surface area contributed by atoms with Crippen LogP contribution < -0.4 is 5.32 Å². The van der Waals surface area contributed by atoms with Crippen LogP contribution in [0.2, 0.25) is 5.02 Å². The molecule has 1 aliphatic rings. The molecular weight excluding hydrogens is 316 g/mol. The van der Waals surface area contributed by atoms with Gasteiger partial charge in [0.15, 0.2) is 5.82 Å². The SMILES string of the molecule is CNc1cc(Cl)cnc1-n1cc(C(=O)N2CCN(C)CC2)cn1. The number of nitrogens with zero attached hydrogens (tertiary/aromatic N) is 5. The zero-order valence-electron chi connectivity index (χ0n) is 13.2. The molecule has 1 N–H and O–H groups in total. The lowest BCUT2D eigenvalue weighted by Gasteiger charge is -2.32. The smallest absolute Gasteiger partial charge is 0.257 e. The lowest BCUT2D eigenvalue weighted by Crippen LogP contribution is -2.47. The third kappa shape index (κ3) is 3.30. The van der Waals surface area contributed by atoms with Gasteiger partial charge in [-0.2, -0.15) is 5.10 Å². The second kappa shape index (κ2) is 6.55. The highest BCUT2D eigenvalue weighted by molar-refractivity contribution is 6.30. The molecule has 0 atom stereocenters. The molecular formula is C15H19ClN6O. The summed E-state index contributed by atoms with van der Waals surface area (Å²) in [5, 5.41) is 7.84. The van der Waals surface area contributed by atoms with Crippen LogP contribution in [0.5, 0.6) is 0 Å². The number of piperazine rings is 1. The molecule has 0 bridgehead atoms. The topological polar surface area (TPSA) is 66.3 Å². The first-order valence-corrected chi connectivity index (χ1v) is 7.82. The van der Waals surface area contributed by atoms with Gasteiger partial charge in [0.05, 0.1) is 22.5 Å². The molecule has 2 aromatic heterocycles. The number of anilines is 1. The van der Waals surface area contributed by atoms with Crippen molar-refractivity contribution >= 4 is 23.2 Å². The molecule has 1 aliphatic heterocycles. The monoisotopic (exact) mass is 334 g/mol. The average molecular weight is 335 g/mol.